The first-order valence-corrected chi connectivity index (χ1v) is 11.5. The molecule has 0 radical (unpaired) electrons. The van der Waals surface area contributed by atoms with Crippen molar-refractivity contribution in [2.45, 2.75) is 20.0 Å². The van der Waals surface area contributed by atoms with E-state index in [4.69, 9.17) is 16.3 Å². The maximum absolute atomic E-state index is 12.7. The minimum absolute atomic E-state index is 0.0814. The number of ether oxygens (including phenoxy) is 1. The highest BCUT2D eigenvalue weighted by Gasteiger charge is 2.26. The average Bonchev–Trinajstić information content (AvgIpc) is 3.01. The highest BCUT2D eigenvalue weighted by atomic mass is 35.5. The second kappa shape index (κ2) is 8.91. The Morgan fingerprint density at radius 1 is 1.10 bits per heavy atom. The van der Waals surface area contributed by atoms with Crippen molar-refractivity contribution in [3.8, 4) is 5.69 Å². The van der Waals surface area contributed by atoms with Crippen molar-refractivity contribution < 1.29 is 22.7 Å². The van der Waals surface area contributed by atoms with Crippen LogP contribution < -0.4 is 4.72 Å². The molecule has 1 aromatic heterocycles. The molecule has 0 amide bonds. The number of ketones is 1. The molecule has 0 bridgehead atoms. The molecule has 0 aliphatic heterocycles. The number of hydrogen-bond acceptors (Lipinski definition) is 6. The summed E-state index contributed by atoms with van der Waals surface area (Å²) in [5.41, 5.74) is 1.72. The number of benzene rings is 2. The van der Waals surface area contributed by atoms with Crippen molar-refractivity contribution in [3.63, 3.8) is 0 Å². The van der Waals surface area contributed by atoms with E-state index in [1.54, 1.807) is 19.1 Å². The van der Waals surface area contributed by atoms with Crippen LogP contribution in [0.3, 0.4) is 0 Å². The van der Waals surface area contributed by atoms with E-state index >= 15 is 0 Å². The fourth-order valence-corrected chi connectivity index (χ4v) is 3.81. The second-order valence-corrected chi connectivity index (χ2v) is 8.97. The number of halogens is 1. The first-order chi connectivity index (χ1) is 14.6. The van der Waals surface area contributed by atoms with E-state index in [0.29, 0.717) is 17.1 Å². The van der Waals surface area contributed by atoms with E-state index in [2.05, 4.69) is 9.82 Å². The summed E-state index contributed by atoms with van der Waals surface area (Å²) in [5, 5.41) is 4.38. The number of esters is 1. The molecule has 1 N–H and O–H groups in total. The van der Waals surface area contributed by atoms with E-state index in [1.807, 2.05) is 18.2 Å². The number of aromatic nitrogens is 2. The first-order valence-electron chi connectivity index (χ1n) is 9.20. The van der Waals surface area contributed by atoms with Crippen LogP contribution in [0.1, 0.15) is 33.3 Å². The summed E-state index contributed by atoms with van der Waals surface area (Å²) in [6, 6.07) is 14.9. The molecule has 3 rings (SSSR count). The Bertz CT molecular complexity index is 1220. The van der Waals surface area contributed by atoms with Gasteiger partial charge in [-0.05, 0) is 50.2 Å². The molecule has 2 aromatic carbocycles. The molecule has 31 heavy (non-hydrogen) atoms. The summed E-state index contributed by atoms with van der Waals surface area (Å²) in [6.07, 6.45) is -0.0579. The van der Waals surface area contributed by atoms with Crippen LogP contribution in [-0.4, -0.2) is 42.3 Å². The van der Waals surface area contributed by atoms with Crippen LogP contribution in [0.5, 0.6) is 0 Å². The first kappa shape index (κ1) is 22.5. The normalized spacial score (nSPS) is 12.3. The fraction of sp³-hybridized carbons (Fsp3) is 0.190. The third-order valence-electron chi connectivity index (χ3n) is 4.33. The summed E-state index contributed by atoms with van der Waals surface area (Å²) in [6.45, 7) is 3.08. The average molecular weight is 462 g/mol. The Balaban J connectivity index is 1.75. The van der Waals surface area contributed by atoms with Crippen LogP contribution in [0.4, 0.5) is 5.69 Å². The number of nitrogens with one attached hydrogen (secondary N) is 1. The maximum Gasteiger partial charge on any atom is 0.343 e. The van der Waals surface area contributed by atoms with Crippen molar-refractivity contribution >= 4 is 39.1 Å². The van der Waals surface area contributed by atoms with Gasteiger partial charge in [0.1, 0.15) is 10.7 Å². The molecule has 0 spiro atoms. The Morgan fingerprint density at radius 3 is 2.29 bits per heavy atom. The minimum Gasteiger partial charge on any atom is -0.451 e. The predicted octanol–water partition coefficient (Wildman–Crippen LogP) is 3.63. The van der Waals surface area contributed by atoms with Crippen molar-refractivity contribution in [2.75, 3.05) is 11.0 Å². The van der Waals surface area contributed by atoms with Crippen LogP contribution in [0.2, 0.25) is 5.15 Å². The zero-order valence-corrected chi connectivity index (χ0v) is 18.6. The van der Waals surface area contributed by atoms with Crippen LogP contribution in [0.25, 0.3) is 5.69 Å². The molecule has 1 atom stereocenters. The smallest absolute Gasteiger partial charge is 0.343 e. The van der Waals surface area contributed by atoms with E-state index < -0.39 is 27.9 Å². The van der Waals surface area contributed by atoms with E-state index in [9.17, 15) is 18.0 Å². The number of hydrogen-bond donors (Lipinski definition) is 1. The zero-order chi connectivity index (χ0) is 22.8. The lowest BCUT2D eigenvalue weighted by atomic mass is 10.1. The molecule has 0 saturated heterocycles. The highest BCUT2D eigenvalue weighted by molar-refractivity contribution is 7.92. The monoisotopic (exact) mass is 461 g/mol. The topological polar surface area (TPSA) is 107 Å². The Kier molecular flexibility index (Phi) is 6.47. The Hall–Kier alpha value is -3.17. The number of carbonyl (C=O) groups excluding carboxylic acids is 2. The number of sulfonamides is 1. The van der Waals surface area contributed by atoms with Crippen molar-refractivity contribution in [1.82, 2.24) is 9.78 Å². The van der Waals surface area contributed by atoms with Gasteiger partial charge in [-0.3, -0.25) is 9.52 Å². The fourth-order valence-electron chi connectivity index (χ4n) is 2.90. The van der Waals surface area contributed by atoms with Crippen molar-refractivity contribution in [1.29, 1.82) is 0 Å². The molecule has 0 fully saturated rings. The van der Waals surface area contributed by atoms with E-state index in [0.717, 1.165) is 6.26 Å². The van der Waals surface area contributed by atoms with Gasteiger partial charge in [-0.2, -0.15) is 5.10 Å². The number of aryl methyl sites for hydroxylation is 1. The lowest BCUT2D eigenvalue weighted by Crippen LogP contribution is -2.24. The van der Waals surface area contributed by atoms with Crippen LogP contribution in [0.15, 0.2) is 54.6 Å². The number of anilines is 1. The number of carbonyl (C=O) groups is 2. The SMILES string of the molecule is Cc1nn(-c2ccccc2)c(Cl)c1C(=O)OC(C)C(=O)c1ccc(NS(C)(=O)=O)cc1. The summed E-state index contributed by atoms with van der Waals surface area (Å²) in [7, 11) is -3.42. The predicted molar refractivity (Wildman–Crippen MR) is 117 cm³/mol. The van der Waals surface area contributed by atoms with Crippen molar-refractivity contribution in [3.05, 3.63) is 76.6 Å². The third-order valence-corrected chi connectivity index (χ3v) is 5.29. The summed E-state index contributed by atoms with van der Waals surface area (Å²) in [5.74, 6) is -1.20. The van der Waals surface area contributed by atoms with Gasteiger partial charge in [-0.25, -0.2) is 17.9 Å². The summed E-state index contributed by atoms with van der Waals surface area (Å²) >= 11 is 6.37. The number of rotatable bonds is 7. The standard InChI is InChI=1S/C21H20ClN3O5S/c1-13-18(20(22)25(23-13)17-7-5-4-6-8-17)21(27)30-14(2)19(26)15-9-11-16(12-10-15)24-31(3,28)29/h4-12,14,24H,1-3H3. The molecule has 0 aliphatic carbocycles. The van der Waals surface area contributed by atoms with Gasteiger partial charge in [-0.15, -0.1) is 0 Å². The van der Waals surface area contributed by atoms with Gasteiger partial charge in [0.2, 0.25) is 15.8 Å². The van der Waals surface area contributed by atoms with Crippen LogP contribution >= 0.6 is 11.6 Å². The van der Waals surface area contributed by atoms with Gasteiger partial charge >= 0.3 is 5.97 Å². The zero-order valence-electron chi connectivity index (χ0n) is 17.0. The number of nitrogens with zero attached hydrogens (tertiary/aromatic N) is 2. The number of para-hydroxylation sites is 1. The summed E-state index contributed by atoms with van der Waals surface area (Å²) < 4.78 is 31.6. The van der Waals surface area contributed by atoms with Crippen LogP contribution in [0, 0.1) is 6.92 Å². The molecule has 1 unspecified atom stereocenters. The van der Waals surface area contributed by atoms with Gasteiger partial charge in [0, 0.05) is 11.3 Å². The van der Waals surface area contributed by atoms with E-state index in [1.165, 1.54) is 35.9 Å². The quantitative estimate of drug-likeness (QED) is 0.425. The molecule has 0 aliphatic rings. The lowest BCUT2D eigenvalue weighted by molar-refractivity contribution is 0.0318. The molecule has 162 valence electrons. The van der Waals surface area contributed by atoms with Gasteiger partial charge in [0.25, 0.3) is 0 Å². The third kappa shape index (κ3) is 5.31. The summed E-state index contributed by atoms with van der Waals surface area (Å²) in [4.78, 5) is 25.3. The van der Waals surface area contributed by atoms with Gasteiger partial charge in [-0.1, -0.05) is 29.8 Å². The molecular weight excluding hydrogens is 442 g/mol. The van der Waals surface area contributed by atoms with Gasteiger partial charge in [0.15, 0.2) is 6.10 Å². The largest absolute Gasteiger partial charge is 0.451 e. The van der Waals surface area contributed by atoms with Gasteiger partial charge < -0.3 is 4.74 Å². The van der Waals surface area contributed by atoms with Crippen LogP contribution in [-0.2, 0) is 14.8 Å². The molecule has 3 aromatic rings. The minimum atomic E-state index is -3.42. The Labute approximate surface area is 184 Å². The molecular formula is C21H20ClN3O5S. The molecule has 10 heteroatoms. The maximum atomic E-state index is 12.7. The molecule has 8 nitrogen and oxygen atoms in total. The second-order valence-electron chi connectivity index (χ2n) is 6.86. The number of Topliss-reactive ketones (excluding diaryl/α,β-unsaturated/α-hetero) is 1. The molecule has 0 saturated carbocycles. The Morgan fingerprint density at radius 2 is 1.71 bits per heavy atom. The van der Waals surface area contributed by atoms with E-state index in [-0.39, 0.29) is 16.3 Å². The van der Waals surface area contributed by atoms with Gasteiger partial charge in [0.05, 0.1) is 17.6 Å². The van der Waals surface area contributed by atoms with Crippen molar-refractivity contribution in [2.24, 2.45) is 0 Å². The lowest BCUT2D eigenvalue weighted by Gasteiger charge is -2.13. The highest BCUT2D eigenvalue weighted by Crippen LogP contribution is 2.25. The molecule has 1 heterocycles.